The Kier molecular flexibility index (Phi) is 2.81. The Morgan fingerprint density at radius 3 is 2.25 bits per heavy atom. The van der Waals surface area contributed by atoms with Gasteiger partial charge in [0, 0.05) is 17.9 Å². The van der Waals surface area contributed by atoms with Gasteiger partial charge in [0.2, 0.25) is 0 Å². The highest BCUT2D eigenvalue weighted by Gasteiger charge is 2.13. The zero-order valence-corrected chi connectivity index (χ0v) is 9.25. The zero-order chi connectivity index (χ0) is 11.7. The summed E-state index contributed by atoms with van der Waals surface area (Å²) in [5.41, 5.74) is 3.61. The molecule has 2 rings (SSSR count). The van der Waals surface area contributed by atoms with E-state index in [-0.39, 0.29) is 0 Å². The molecule has 0 fully saturated rings. The van der Waals surface area contributed by atoms with Gasteiger partial charge in [-0.3, -0.25) is 0 Å². The Bertz CT molecular complexity index is 488. The molecule has 0 atom stereocenters. The van der Waals surface area contributed by atoms with Crippen molar-refractivity contribution in [2.45, 2.75) is 13.8 Å². The normalized spacial score (nSPS) is 10.5. The van der Waals surface area contributed by atoms with E-state index in [4.69, 9.17) is 10.0 Å². The third-order valence-corrected chi connectivity index (χ3v) is 2.37. The summed E-state index contributed by atoms with van der Waals surface area (Å²) < 4.78 is 1.63. The van der Waals surface area contributed by atoms with Crippen molar-refractivity contribution < 1.29 is 10.0 Å². The maximum Gasteiger partial charge on any atom is 0.491 e. The number of rotatable bonds is 2. The van der Waals surface area contributed by atoms with E-state index < -0.39 is 7.12 Å². The Hall–Kier alpha value is -1.59. The quantitative estimate of drug-likeness (QED) is 0.703. The largest absolute Gasteiger partial charge is 0.491 e. The average Bonchev–Trinajstić information content (AvgIpc) is 2.64. The van der Waals surface area contributed by atoms with E-state index in [0.29, 0.717) is 5.46 Å². The van der Waals surface area contributed by atoms with E-state index in [1.807, 2.05) is 26.0 Å². The fourth-order valence-electron chi connectivity index (χ4n) is 1.69. The fourth-order valence-corrected chi connectivity index (χ4v) is 1.69. The van der Waals surface area contributed by atoms with Gasteiger partial charge >= 0.3 is 7.12 Å². The fraction of sp³-hybridized carbons (Fsp3) is 0.182. The van der Waals surface area contributed by atoms with Crippen LogP contribution in [0.3, 0.4) is 0 Å². The molecule has 16 heavy (non-hydrogen) atoms. The van der Waals surface area contributed by atoms with Crippen molar-refractivity contribution in [2.75, 3.05) is 0 Å². The molecular weight excluding hydrogens is 203 g/mol. The molecule has 2 aromatic rings. The predicted molar refractivity (Wildman–Crippen MR) is 62.9 cm³/mol. The third-order valence-electron chi connectivity index (χ3n) is 2.37. The molecule has 2 N–H and O–H groups in total. The predicted octanol–water partition coefficient (Wildman–Crippen LogP) is 0.169. The second kappa shape index (κ2) is 4.12. The molecular formula is C11H13BN2O2. The first-order valence-corrected chi connectivity index (χ1v) is 5.05. The molecule has 0 aliphatic heterocycles. The molecule has 0 amide bonds. The summed E-state index contributed by atoms with van der Waals surface area (Å²) >= 11 is 0. The van der Waals surface area contributed by atoms with Crippen molar-refractivity contribution in [3.63, 3.8) is 0 Å². The highest BCUT2D eigenvalue weighted by Crippen LogP contribution is 2.11. The first-order valence-electron chi connectivity index (χ1n) is 5.05. The molecule has 0 radical (unpaired) electrons. The van der Waals surface area contributed by atoms with Gasteiger partial charge in [0.05, 0.1) is 5.69 Å². The molecule has 82 valence electrons. The summed E-state index contributed by atoms with van der Waals surface area (Å²) in [4.78, 5) is 0. The molecule has 0 saturated heterocycles. The van der Waals surface area contributed by atoms with Crippen LogP contribution in [0, 0.1) is 13.8 Å². The van der Waals surface area contributed by atoms with Crippen molar-refractivity contribution in [3.8, 4) is 5.69 Å². The summed E-state index contributed by atoms with van der Waals surface area (Å²) in [5.74, 6) is 0. The van der Waals surface area contributed by atoms with Crippen LogP contribution in [0.5, 0.6) is 0 Å². The lowest BCUT2D eigenvalue weighted by atomic mass is 9.83. The van der Waals surface area contributed by atoms with Crippen LogP contribution in [0.15, 0.2) is 30.6 Å². The third kappa shape index (κ3) is 2.15. The van der Waals surface area contributed by atoms with Crippen LogP contribution in [0.4, 0.5) is 0 Å². The highest BCUT2D eigenvalue weighted by atomic mass is 16.4. The molecule has 0 aliphatic carbocycles. The van der Waals surface area contributed by atoms with E-state index in [9.17, 15) is 0 Å². The second-order valence-electron chi connectivity index (χ2n) is 3.94. The lowest BCUT2D eigenvalue weighted by Gasteiger charge is -2.04. The smallest absolute Gasteiger partial charge is 0.423 e. The van der Waals surface area contributed by atoms with Gasteiger partial charge in [-0.15, -0.1) is 0 Å². The molecule has 5 heteroatoms. The van der Waals surface area contributed by atoms with Crippen molar-refractivity contribution in [1.82, 2.24) is 9.78 Å². The standard InChI is InChI=1S/C11H13BN2O2/c1-8-3-9(2)5-11(4-8)14-7-10(6-13-14)12(15)16/h3-7,15-16H,1-2H3. The lowest BCUT2D eigenvalue weighted by molar-refractivity contribution is 0.426. The van der Waals surface area contributed by atoms with Crippen LogP contribution in [0.1, 0.15) is 11.1 Å². The molecule has 0 saturated carbocycles. The van der Waals surface area contributed by atoms with Crippen LogP contribution in [-0.2, 0) is 0 Å². The number of aromatic nitrogens is 2. The number of hydrogen-bond acceptors (Lipinski definition) is 3. The van der Waals surface area contributed by atoms with Gasteiger partial charge in [-0.2, -0.15) is 5.10 Å². The van der Waals surface area contributed by atoms with Crippen LogP contribution in [0.25, 0.3) is 5.69 Å². The van der Waals surface area contributed by atoms with Gasteiger partial charge in [-0.1, -0.05) is 6.07 Å². The van der Waals surface area contributed by atoms with Crippen LogP contribution >= 0.6 is 0 Å². The maximum atomic E-state index is 9.00. The van der Waals surface area contributed by atoms with Gasteiger partial charge in [0.25, 0.3) is 0 Å². The number of aryl methyl sites for hydroxylation is 2. The van der Waals surface area contributed by atoms with Gasteiger partial charge in [0.1, 0.15) is 0 Å². The minimum Gasteiger partial charge on any atom is -0.423 e. The molecule has 4 nitrogen and oxygen atoms in total. The molecule has 1 heterocycles. The van der Waals surface area contributed by atoms with Crippen molar-refractivity contribution >= 4 is 12.6 Å². The van der Waals surface area contributed by atoms with E-state index in [0.717, 1.165) is 16.8 Å². The Labute approximate surface area is 94.3 Å². The minimum atomic E-state index is -1.47. The first kappa shape index (κ1) is 10.9. The second-order valence-corrected chi connectivity index (χ2v) is 3.94. The molecule has 0 bridgehead atoms. The Morgan fingerprint density at radius 1 is 1.12 bits per heavy atom. The van der Waals surface area contributed by atoms with Crippen molar-refractivity contribution in [2.24, 2.45) is 0 Å². The van der Waals surface area contributed by atoms with Gasteiger partial charge in [-0.05, 0) is 37.1 Å². The molecule has 0 spiro atoms. The SMILES string of the molecule is Cc1cc(C)cc(-n2cc(B(O)O)cn2)c1. The Morgan fingerprint density at radius 2 is 1.75 bits per heavy atom. The summed E-state index contributed by atoms with van der Waals surface area (Å²) in [6.07, 6.45) is 3.06. The zero-order valence-electron chi connectivity index (χ0n) is 9.25. The van der Waals surface area contributed by atoms with Crippen LogP contribution in [-0.4, -0.2) is 26.9 Å². The first-order chi connectivity index (χ1) is 7.56. The van der Waals surface area contributed by atoms with E-state index in [1.54, 1.807) is 10.9 Å². The number of nitrogens with zero attached hydrogens (tertiary/aromatic N) is 2. The highest BCUT2D eigenvalue weighted by molar-refractivity contribution is 6.58. The average molecular weight is 216 g/mol. The minimum absolute atomic E-state index is 0.388. The molecule has 1 aromatic carbocycles. The monoisotopic (exact) mass is 216 g/mol. The van der Waals surface area contributed by atoms with Gasteiger partial charge in [-0.25, -0.2) is 4.68 Å². The van der Waals surface area contributed by atoms with Crippen molar-refractivity contribution in [1.29, 1.82) is 0 Å². The maximum absolute atomic E-state index is 9.00. The lowest BCUT2D eigenvalue weighted by Crippen LogP contribution is -2.28. The number of benzene rings is 1. The van der Waals surface area contributed by atoms with Crippen LogP contribution in [0.2, 0.25) is 0 Å². The summed E-state index contributed by atoms with van der Waals surface area (Å²) in [7, 11) is -1.47. The summed E-state index contributed by atoms with van der Waals surface area (Å²) in [6, 6.07) is 6.07. The topological polar surface area (TPSA) is 58.3 Å². The Balaban J connectivity index is 2.42. The summed E-state index contributed by atoms with van der Waals surface area (Å²) in [5, 5.41) is 22.1. The number of hydrogen-bond donors (Lipinski definition) is 2. The van der Waals surface area contributed by atoms with E-state index in [2.05, 4.69) is 11.2 Å². The molecule has 0 aliphatic rings. The molecule has 0 unspecified atom stereocenters. The van der Waals surface area contributed by atoms with Gasteiger partial charge in [0.15, 0.2) is 0 Å². The van der Waals surface area contributed by atoms with Crippen molar-refractivity contribution in [3.05, 3.63) is 41.7 Å². The van der Waals surface area contributed by atoms with E-state index >= 15 is 0 Å². The van der Waals surface area contributed by atoms with Crippen LogP contribution < -0.4 is 5.46 Å². The molecule has 1 aromatic heterocycles. The van der Waals surface area contributed by atoms with E-state index in [1.165, 1.54) is 6.20 Å². The summed E-state index contributed by atoms with van der Waals surface area (Å²) in [6.45, 7) is 4.03. The van der Waals surface area contributed by atoms with Gasteiger partial charge < -0.3 is 10.0 Å².